The number of rotatable bonds is 3. The standard InChI is InChI=1S/C9H12N2O5S/c1-16-9(13)7(11-10)8(12)6-3-2-4-17(14,15)5-6/h6H,2-5H2,1H3. The minimum atomic E-state index is -3.26. The fourth-order valence-corrected chi connectivity index (χ4v) is 3.41. The fraction of sp³-hybridized carbons (Fsp3) is 0.667. The van der Waals surface area contributed by atoms with Gasteiger partial charge in [-0.05, 0) is 12.8 Å². The van der Waals surface area contributed by atoms with Crippen molar-refractivity contribution in [3.05, 3.63) is 5.53 Å². The van der Waals surface area contributed by atoms with Gasteiger partial charge in [-0.3, -0.25) is 4.79 Å². The lowest BCUT2D eigenvalue weighted by atomic mass is 9.97. The third-order valence-electron chi connectivity index (χ3n) is 2.55. The van der Waals surface area contributed by atoms with Gasteiger partial charge in [0.25, 0.3) is 5.78 Å². The summed E-state index contributed by atoms with van der Waals surface area (Å²) in [4.78, 5) is 25.4. The number of sulfone groups is 1. The average Bonchev–Trinajstić information content (AvgIpc) is 2.28. The van der Waals surface area contributed by atoms with Crippen LogP contribution in [0.1, 0.15) is 12.8 Å². The van der Waals surface area contributed by atoms with Gasteiger partial charge in [-0.25, -0.2) is 13.2 Å². The van der Waals surface area contributed by atoms with Gasteiger partial charge >= 0.3 is 11.7 Å². The number of esters is 1. The first-order chi connectivity index (χ1) is 7.91. The summed E-state index contributed by atoms with van der Waals surface area (Å²) in [6.07, 6.45) is 0.715. The molecule has 0 spiro atoms. The van der Waals surface area contributed by atoms with E-state index in [2.05, 4.69) is 9.53 Å². The molecule has 1 heterocycles. The van der Waals surface area contributed by atoms with Crippen LogP contribution in [0.5, 0.6) is 0 Å². The van der Waals surface area contributed by atoms with E-state index in [1.165, 1.54) is 0 Å². The van der Waals surface area contributed by atoms with Crippen molar-refractivity contribution >= 4 is 27.3 Å². The minimum absolute atomic E-state index is 0.0423. The molecule has 1 atom stereocenters. The third-order valence-corrected chi connectivity index (χ3v) is 4.37. The van der Waals surface area contributed by atoms with Crippen molar-refractivity contribution in [2.45, 2.75) is 12.8 Å². The largest absolute Gasteiger partial charge is 0.460 e. The molecule has 1 fully saturated rings. The van der Waals surface area contributed by atoms with Crippen molar-refractivity contribution in [2.75, 3.05) is 18.6 Å². The van der Waals surface area contributed by atoms with Crippen LogP contribution < -0.4 is 0 Å². The van der Waals surface area contributed by atoms with Crippen LogP contribution in [-0.2, 0) is 24.2 Å². The van der Waals surface area contributed by atoms with Gasteiger partial charge in [-0.1, -0.05) is 0 Å². The molecule has 0 aromatic heterocycles. The highest BCUT2D eigenvalue weighted by atomic mass is 32.2. The molecule has 1 rings (SSSR count). The van der Waals surface area contributed by atoms with Gasteiger partial charge in [0.2, 0.25) is 0 Å². The van der Waals surface area contributed by atoms with Crippen LogP contribution in [0.2, 0.25) is 0 Å². The van der Waals surface area contributed by atoms with E-state index in [1.54, 1.807) is 0 Å². The summed E-state index contributed by atoms with van der Waals surface area (Å²) in [7, 11) is -2.22. The molecule has 0 N–H and O–H groups in total. The molecule has 0 aromatic carbocycles. The SMILES string of the molecule is COC(=O)C(=[N+]=[N-])C(=O)C1CCCS(=O)(=O)C1. The van der Waals surface area contributed by atoms with Crippen LogP contribution in [0.3, 0.4) is 0 Å². The Morgan fingerprint density at radius 1 is 1.41 bits per heavy atom. The lowest BCUT2D eigenvalue weighted by molar-refractivity contribution is -0.140. The Morgan fingerprint density at radius 2 is 2.06 bits per heavy atom. The zero-order chi connectivity index (χ0) is 13.1. The van der Waals surface area contributed by atoms with Crippen LogP contribution in [0.25, 0.3) is 5.53 Å². The number of ether oxygens (including phenoxy) is 1. The molecule has 8 heteroatoms. The second-order valence-electron chi connectivity index (χ2n) is 3.76. The summed E-state index contributed by atoms with van der Waals surface area (Å²) in [5, 5.41) is 0. The predicted molar refractivity (Wildman–Crippen MR) is 57.0 cm³/mol. The van der Waals surface area contributed by atoms with E-state index in [0.717, 1.165) is 7.11 Å². The first kappa shape index (κ1) is 13.5. The zero-order valence-corrected chi connectivity index (χ0v) is 10.1. The normalized spacial score (nSPS) is 22.3. The van der Waals surface area contributed by atoms with Gasteiger partial charge in [0.15, 0.2) is 9.84 Å². The van der Waals surface area contributed by atoms with Crippen molar-refractivity contribution in [1.82, 2.24) is 0 Å². The average molecular weight is 260 g/mol. The number of carbonyl (C=O) groups is 2. The lowest BCUT2D eigenvalue weighted by Gasteiger charge is -2.18. The zero-order valence-electron chi connectivity index (χ0n) is 9.25. The fourth-order valence-electron chi connectivity index (χ4n) is 1.71. The number of nitrogens with zero attached hydrogens (tertiary/aromatic N) is 2. The monoisotopic (exact) mass is 260 g/mol. The van der Waals surface area contributed by atoms with E-state index < -0.39 is 33.2 Å². The van der Waals surface area contributed by atoms with Gasteiger partial charge in [-0.2, -0.15) is 4.79 Å². The highest BCUT2D eigenvalue weighted by Crippen LogP contribution is 2.19. The van der Waals surface area contributed by atoms with Crippen molar-refractivity contribution in [1.29, 1.82) is 0 Å². The summed E-state index contributed by atoms with van der Waals surface area (Å²) >= 11 is 0. The first-order valence-electron chi connectivity index (χ1n) is 4.96. The minimum Gasteiger partial charge on any atom is -0.460 e. The molecule has 1 unspecified atom stereocenters. The molecular weight excluding hydrogens is 248 g/mol. The van der Waals surface area contributed by atoms with Gasteiger partial charge in [0.05, 0.1) is 18.6 Å². The third kappa shape index (κ3) is 3.21. The molecule has 0 saturated carbocycles. The van der Waals surface area contributed by atoms with E-state index in [9.17, 15) is 18.0 Å². The van der Waals surface area contributed by atoms with Crippen molar-refractivity contribution in [2.24, 2.45) is 5.92 Å². The summed E-state index contributed by atoms with van der Waals surface area (Å²) in [6, 6.07) is 0. The predicted octanol–water partition coefficient (Wildman–Crippen LogP) is -0.776. The molecule has 7 nitrogen and oxygen atoms in total. The highest BCUT2D eigenvalue weighted by molar-refractivity contribution is 7.91. The lowest BCUT2D eigenvalue weighted by Crippen LogP contribution is -2.38. The second kappa shape index (κ2) is 5.20. The summed E-state index contributed by atoms with van der Waals surface area (Å²) < 4.78 is 27.0. The summed E-state index contributed by atoms with van der Waals surface area (Å²) in [5.74, 6) is -2.97. The van der Waals surface area contributed by atoms with Crippen LogP contribution in [-0.4, -0.2) is 49.3 Å². The molecule has 0 radical (unpaired) electrons. The molecule has 1 aliphatic rings. The molecule has 1 aliphatic heterocycles. The molecule has 17 heavy (non-hydrogen) atoms. The van der Waals surface area contributed by atoms with Crippen LogP contribution in [0.4, 0.5) is 0 Å². The van der Waals surface area contributed by atoms with Gasteiger partial charge in [0.1, 0.15) is 0 Å². The number of ketones is 1. The topological polar surface area (TPSA) is 114 Å². The molecular formula is C9H12N2O5S. The van der Waals surface area contributed by atoms with E-state index in [0.29, 0.717) is 12.8 Å². The quantitative estimate of drug-likeness (QED) is 0.217. The van der Waals surface area contributed by atoms with E-state index in [4.69, 9.17) is 5.53 Å². The van der Waals surface area contributed by atoms with Gasteiger partial charge < -0.3 is 10.3 Å². The van der Waals surface area contributed by atoms with E-state index in [1.807, 2.05) is 0 Å². The Kier molecular flexibility index (Phi) is 4.14. The Balaban J connectivity index is 2.90. The number of carbonyl (C=O) groups excluding carboxylic acids is 2. The van der Waals surface area contributed by atoms with E-state index >= 15 is 0 Å². The molecule has 0 bridgehead atoms. The first-order valence-corrected chi connectivity index (χ1v) is 6.78. The molecule has 94 valence electrons. The number of hydrogen-bond donors (Lipinski definition) is 0. The highest BCUT2D eigenvalue weighted by Gasteiger charge is 2.40. The number of hydrogen-bond acceptors (Lipinski definition) is 5. The molecule has 1 saturated heterocycles. The van der Waals surface area contributed by atoms with E-state index in [-0.39, 0.29) is 11.5 Å². The second-order valence-corrected chi connectivity index (χ2v) is 5.99. The smallest absolute Gasteiger partial charge is 0.441 e. The maximum absolute atomic E-state index is 11.8. The molecule has 0 aliphatic carbocycles. The summed E-state index contributed by atoms with van der Waals surface area (Å²) in [5.41, 5.74) is 7.82. The van der Waals surface area contributed by atoms with Crippen LogP contribution in [0, 0.1) is 5.92 Å². The Morgan fingerprint density at radius 3 is 2.53 bits per heavy atom. The number of Topliss-reactive ketones (excluding diaryl/α,β-unsaturated/α-hetero) is 1. The Labute approximate surface area is 98.3 Å². The maximum atomic E-state index is 11.8. The van der Waals surface area contributed by atoms with Gasteiger partial charge in [-0.15, -0.1) is 0 Å². The molecule has 0 amide bonds. The Bertz CT molecular complexity index is 490. The van der Waals surface area contributed by atoms with Crippen molar-refractivity contribution in [3.63, 3.8) is 0 Å². The Hall–Kier alpha value is -1.53. The number of methoxy groups -OCH3 is 1. The molecule has 0 aromatic rings. The van der Waals surface area contributed by atoms with Crippen molar-refractivity contribution in [3.8, 4) is 0 Å². The summed E-state index contributed by atoms with van der Waals surface area (Å²) in [6.45, 7) is 0. The van der Waals surface area contributed by atoms with Crippen LogP contribution in [0.15, 0.2) is 0 Å². The van der Waals surface area contributed by atoms with Crippen LogP contribution >= 0.6 is 0 Å². The van der Waals surface area contributed by atoms with Crippen molar-refractivity contribution < 1.29 is 27.5 Å². The van der Waals surface area contributed by atoms with Gasteiger partial charge in [0, 0.05) is 5.92 Å². The maximum Gasteiger partial charge on any atom is 0.441 e.